The Morgan fingerprint density at radius 3 is 2.35 bits per heavy atom. The molecule has 0 amide bonds. The number of hydrogen-bond acceptors (Lipinski definition) is 3. The minimum absolute atomic E-state index is 0.0720. The second-order valence-corrected chi connectivity index (χ2v) is 7.38. The third-order valence-electron chi connectivity index (χ3n) is 5.19. The molecule has 31 heavy (non-hydrogen) atoms. The molecular weight excluding hydrogens is 409 g/mol. The fourth-order valence-corrected chi connectivity index (χ4v) is 3.36. The quantitative estimate of drug-likeness (QED) is 0.542. The second kappa shape index (κ2) is 8.83. The topological polar surface area (TPSA) is 64.4 Å². The van der Waals surface area contributed by atoms with Crippen LogP contribution in [0.3, 0.4) is 0 Å². The lowest BCUT2D eigenvalue weighted by atomic mass is 10.0. The smallest absolute Gasteiger partial charge is 0.416 e. The van der Waals surface area contributed by atoms with Crippen molar-refractivity contribution >= 4 is 5.97 Å². The second-order valence-electron chi connectivity index (χ2n) is 7.38. The molecule has 0 saturated carbocycles. The molecule has 2 aromatic carbocycles. The first-order valence-corrected chi connectivity index (χ1v) is 9.73. The van der Waals surface area contributed by atoms with Crippen molar-refractivity contribution in [3.8, 4) is 11.4 Å². The molecule has 0 radical (unpaired) electrons. The Balaban J connectivity index is 1.74. The minimum atomic E-state index is -4.38. The molecule has 0 bridgehead atoms. The molecule has 0 aliphatic rings. The molecule has 3 rings (SSSR count). The van der Waals surface area contributed by atoms with Gasteiger partial charge in [0.15, 0.2) is 0 Å². The number of halogens is 3. The van der Waals surface area contributed by atoms with Crippen LogP contribution in [0.5, 0.6) is 5.75 Å². The van der Waals surface area contributed by atoms with Crippen molar-refractivity contribution in [2.45, 2.75) is 46.4 Å². The Labute approximate surface area is 178 Å². The van der Waals surface area contributed by atoms with Crippen LogP contribution in [0.1, 0.15) is 40.1 Å². The van der Waals surface area contributed by atoms with Crippen LogP contribution in [0.4, 0.5) is 13.2 Å². The van der Waals surface area contributed by atoms with Crippen LogP contribution in [-0.4, -0.2) is 20.9 Å². The van der Waals surface area contributed by atoms with Gasteiger partial charge in [0, 0.05) is 17.7 Å². The Kier molecular flexibility index (Phi) is 6.38. The van der Waals surface area contributed by atoms with Crippen molar-refractivity contribution in [2.24, 2.45) is 0 Å². The van der Waals surface area contributed by atoms with Gasteiger partial charge >= 0.3 is 12.1 Å². The fraction of sp³-hybridized carbons (Fsp3) is 0.304. The number of benzene rings is 2. The molecule has 1 aromatic heterocycles. The molecule has 5 nitrogen and oxygen atoms in total. The summed E-state index contributed by atoms with van der Waals surface area (Å²) in [6.07, 6.45) is -3.85. The first kappa shape index (κ1) is 22.4. The highest BCUT2D eigenvalue weighted by atomic mass is 19.4. The van der Waals surface area contributed by atoms with E-state index < -0.39 is 17.7 Å². The number of carbonyl (C=O) groups is 1. The summed E-state index contributed by atoms with van der Waals surface area (Å²) in [5.41, 5.74) is 4.11. The molecule has 0 aliphatic heterocycles. The fourth-order valence-electron chi connectivity index (χ4n) is 3.36. The molecule has 0 spiro atoms. The molecule has 164 valence electrons. The number of aryl methyl sites for hydroxylation is 3. The monoisotopic (exact) mass is 432 g/mol. The summed E-state index contributed by atoms with van der Waals surface area (Å²) in [5.74, 6) is -0.187. The highest BCUT2D eigenvalue weighted by molar-refractivity contribution is 5.67. The maximum Gasteiger partial charge on any atom is 0.416 e. The standard InChI is InChI=1S/C23H23F3N2O3/c1-14-12-20(10-4-17(14)5-11-22(29)30)31-13-21-15(2)27-28(16(21)3)19-8-6-18(7-9-19)23(24,25)26/h4,6-10,12H,5,11,13H2,1-3H3,(H,29,30). The molecule has 8 heteroatoms. The zero-order valence-electron chi connectivity index (χ0n) is 17.5. The first-order chi connectivity index (χ1) is 14.6. The Hall–Kier alpha value is -3.29. The van der Waals surface area contributed by atoms with Crippen molar-refractivity contribution < 1.29 is 27.8 Å². The molecule has 0 saturated heterocycles. The Morgan fingerprint density at radius 1 is 1.10 bits per heavy atom. The molecule has 3 aromatic rings. The highest BCUT2D eigenvalue weighted by Gasteiger charge is 2.30. The van der Waals surface area contributed by atoms with Gasteiger partial charge in [0.1, 0.15) is 12.4 Å². The van der Waals surface area contributed by atoms with Crippen LogP contribution in [0.25, 0.3) is 5.69 Å². The maximum absolute atomic E-state index is 12.8. The summed E-state index contributed by atoms with van der Waals surface area (Å²) in [6.45, 7) is 5.83. The lowest BCUT2D eigenvalue weighted by Gasteiger charge is -2.11. The molecule has 0 aliphatic carbocycles. The Bertz CT molecular complexity index is 1090. The van der Waals surface area contributed by atoms with Gasteiger partial charge in [-0.3, -0.25) is 4.79 Å². The molecule has 1 heterocycles. The van der Waals surface area contributed by atoms with Crippen LogP contribution in [-0.2, 0) is 24.0 Å². The SMILES string of the molecule is Cc1cc(OCc2c(C)nn(-c3ccc(C(F)(F)F)cc3)c2C)ccc1CCC(=O)O. The van der Waals surface area contributed by atoms with E-state index in [0.29, 0.717) is 17.9 Å². The van der Waals surface area contributed by atoms with Gasteiger partial charge in [-0.15, -0.1) is 0 Å². The number of ether oxygens (including phenoxy) is 1. The number of alkyl halides is 3. The van der Waals surface area contributed by atoms with Crippen LogP contribution in [0.15, 0.2) is 42.5 Å². The van der Waals surface area contributed by atoms with Crippen LogP contribution < -0.4 is 4.74 Å². The molecular formula is C23H23F3N2O3. The number of nitrogens with zero attached hydrogens (tertiary/aromatic N) is 2. The van der Waals surface area contributed by atoms with E-state index in [4.69, 9.17) is 9.84 Å². The summed E-state index contributed by atoms with van der Waals surface area (Å²) < 4.78 is 45.9. The summed E-state index contributed by atoms with van der Waals surface area (Å²) in [7, 11) is 0. The normalized spacial score (nSPS) is 11.5. The third kappa shape index (κ3) is 5.25. The largest absolute Gasteiger partial charge is 0.489 e. The number of aromatic nitrogens is 2. The zero-order chi connectivity index (χ0) is 22.8. The minimum Gasteiger partial charge on any atom is -0.489 e. The first-order valence-electron chi connectivity index (χ1n) is 9.73. The maximum atomic E-state index is 12.8. The van der Waals surface area contributed by atoms with Crippen LogP contribution in [0, 0.1) is 20.8 Å². The number of aliphatic carboxylic acids is 1. The summed E-state index contributed by atoms with van der Waals surface area (Å²) in [4.78, 5) is 10.8. The Morgan fingerprint density at radius 2 is 1.77 bits per heavy atom. The number of carboxylic acid groups (broad SMARTS) is 1. The van der Waals surface area contributed by atoms with E-state index in [-0.39, 0.29) is 13.0 Å². The van der Waals surface area contributed by atoms with E-state index in [9.17, 15) is 18.0 Å². The predicted octanol–water partition coefficient (Wildman–Crippen LogP) is 5.41. The lowest BCUT2D eigenvalue weighted by molar-refractivity contribution is -0.138. The van der Waals surface area contributed by atoms with E-state index in [1.807, 2.05) is 32.9 Å². The summed E-state index contributed by atoms with van der Waals surface area (Å²) in [6, 6.07) is 10.4. The predicted molar refractivity (Wildman–Crippen MR) is 110 cm³/mol. The zero-order valence-corrected chi connectivity index (χ0v) is 17.5. The lowest BCUT2D eigenvalue weighted by Crippen LogP contribution is -2.06. The number of hydrogen-bond donors (Lipinski definition) is 1. The van der Waals surface area contributed by atoms with E-state index >= 15 is 0 Å². The third-order valence-corrected chi connectivity index (χ3v) is 5.19. The van der Waals surface area contributed by atoms with E-state index in [1.54, 1.807) is 10.7 Å². The summed E-state index contributed by atoms with van der Waals surface area (Å²) >= 11 is 0. The molecule has 0 unspecified atom stereocenters. The molecule has 1 N–H and O–H groups in total. The number of rotatable bonds is 7. The van der Waals surface area contributed by atoms with Gasteiger partial charge in [-0.2, -0.15) is 18.3 Å². The van der Waals surface area contributed by atoms with Crippen LogP contribution >= 0.6 is 0 Å². The summed E-state index contributed by atoms with van der Waals surface area (Å²) in [5, 5.41) is 13.3. The van der Waals surface area contributed by atoms with Crippen molar-refractivity contribution in [1.82, 2.24) is 9.78 Å². The van der Waals surface area contributed by atoms with Crippen molar-refractivity contribution in [3.63, 3.8) is 0 Å². The molecule has 0 atom stereocenters. The van der Waals surface area contributed by atoms with Gasteiger partial charge in [0.25, 0.3) is 0 Å². The van der Waals surface area contributed by atoms with Gasteiger partial charge in [0.05, 0.1) is 16.9 Å². The van der Waals surface area contributed by atoms with Gasteiger partial charge < -0.3 is 9.84 Å². The highest BCUT2D eigenvalue weighted by Crippen LogP contribution is 2.30. The van der Waals surface area contributed by atoms with Crippen molar-refractivity contribution in [2.75, 3.05) is 0 Å². The van der Waals surface area contributed by atoms with Gasteiger partial charge in [-0.1, -0.05) is 6.07 Å². The average Bonchev–Trinajstić information content (AvgIpc) is 2.98. The number of carboxylic acids is 1. The average molecular weight is 432 g/mol. The van der Waals surface area contributed by atoms with E-state index in [1.165, 1.54) is 12.1 Å². The van der Waals surface area contributed by atoms with Gasteiger partial charge in [0.2, 0.25) is 0 Å². The van der Waals surface area contributed by atoms with E-state index in [2.05, 4.69) is 5.10 Å². The van der Waals surface area contributed by atoms with Crippen LogP contribution in [0.2, 0.25) is 0 Å². The van der Waals surface area contributed by atoms with Gasteiger partial charge in [-0.05, 0) is 74.7 Å². The van der Waals surface area contributed by atoms with Crippen molar-refractivity contribution in [1.29, 1.82) is 0 Å². The van der Waals surface area contributed by atoms with Gasteiger partial charge in [-0.25, -0.2) is 4.68 Å². The van der Waals surface area contributed by atoms with Crippen molar-refractivity contribution in [3.05, 3.63) is 76.1 Å². The van der Waals surface area contributed by atoms with E-state index in [0.717, 1.165) is 40.2 Å². The molecule has 0 fully saturated rings.